The van der Waals surface area contributed by atoms with Crippen LogP contribution in [0.1, 0.15) is 11.1 Å². The standard InChI is InChI=1S/C14H22FN3O.HI/c1-17(2)14(18(3)4)16-9-11-6-7-13(15)12(8-11)10-19-5;/h6-8H,9-10H2,1-5H3;1H. The van der Waals surface area contributed by atoms with Gasteiger partial charge in [-0.25, -0.2) is 9.38 Å². The molecule has 0 atom stereocenters. The molecule has 1 aromatic carbocycles. The molecule has 0 amide bonds. The fraction of sp³-hybridized carbons (Fsp3) is 0.500. The van der Waals surface area contributed by atoms with E-state index in [1.165, 1.54) is 6.07 Å². The topological polar surface area (TPSA) is 28.1 Å². The number of methoxy groups -OCH3 is 1. The Morgan fingerprint density at radius 3 is 2.30 bits per heavy atom. The zero-order chi connectivity index (χ0) is 14.4. The average Bonchev–Trinajstić information content (AvgIpc) is 2.32. The van der Waals surface area contributed by atoms with Crippen molar-refractivity contribution in [1.29, 1.82) is 0 Å². The molecule has 0 saturated carbocycles. The Balaban J connectivity index is 0.00000361. The van der Waals surface area contributed by atoms with Crippen molar-refractivity contribution in [2.75, 3.05) is 35.3 Å². The largest absolute Gasteiger partial charge is 0.380 e. The first-order chi connectivity index (χ1) is 8.95. The van der Waals surface area contributed by atoms with Gasteiger partial charge in [0.05, 0.1) is 13.2 Å². The van der Waals surface area contributed by atoms with Gasteiger partial charge in [0.25, 0.3) is 0 Å². The quantitative estimate of drug-likeness (QED) is 0.446. The van der Waals surface area contributed by atoms with E-state index in [0.717, 1.165) is 11.5 Å². The normalized spacial score (nSPS) is 9.70. The SMILES string of the molecule is COCc1cc(CN=C(N(C)C)N(C)C)ccc1F.I. The first-order valence-electron chi connectivity index (χ1n) is 6.11. The Morgan fingerprint density at radius 2 is 1.80 bits per heavy atom. The predicted octanol–water partition coefficient (Wildman–Crippen LogP) is 2.57. The Bertz CT molecular complexity index is 440. The highest BCUT2D eigenvalue weighted by Gasteiger charge is 2.06. The number of hydrogen-bond donors (Lipinski definition) is 0. The second-order valence-corrected chi connectivity index (χ2v) is 4.76. The summed E-state index contributed by atoms with van der Waals surface area (Å²) in [5.74, 6) is 0.632. The van der Waals surface area contributed by atoms with Crippen LogP contribution < -0.4 is 0 Å². The van der Waals surface area contributed by atoms with Crippen LogP contribution in [0.3, 0.4) is 0 Å². The van der Waals surface area contributed by atoms with Crippen molar-refractivity contribution in [3.8, 4) is 0 Å². The molecule has 0 spiro atoms. The maximum Gasteiger partial charge on any atom is 0.195 e. The molecule has 0 aliphatic heterocycles. The second-order valence-electron chi connectivity index (χ2n) is 4.76. The molecule has 0 heterocycles. The third-order valence-corrected chi connectivity index (χ3v) is 2.61. The molecule has 4 nitrogen and oxygen atoms in total. The van der Waals surface area contributed by atoms with Gasteiger partial charge in [-0.2, -0.15) is 0 Å². The van der Waals surface area contributed by atoms with Crippen LogP contribution in [-0.2, 0) is 17.9 Å². The van der Waals surface area contributed by atoms with Crippen LogP contribution in [0.25, 0.3) is 0 Å². The lowest BCUT2D eigenvalue weighted by Crippen LogP contribution is -2.35. The van der Waals surface area contributed by atoms with Crippen molar-refractivity contribution in [1.82, 2.24) is 9.80 Å². The van der Waals surface area contributed by atoms with E-state index in [0.29, 0.717) is 12.1 Å². The van der Waals surface area contributed by atoms with E-state index in [-0.39, 0.29) is 36.4 Å². The number of guanidine groups is 1. The van der Waals surface area contributed by atoms with Gasteiger partial charge in [-0.15, -0.1) is 24.0 Å². The maximum atomic E-state index is 13.5. The van der Waals surface area contributed by atoms with E-state index < -0.39 is 0 Å². The molecule has 0 aliphatic rings. The first-order valence-corrected chi connectivity index (χ1v) is 6.11. The summed E-state index contributed by atoms with van der Waals surface area (Å²) in [6.07, 6.45) is 0. The van der Waals surface area contributed by atoms with Gasteiger partial charge < -0.3 is 14.5 Å². The zero-order valence-electron chi connectivity index (χ0n) is 12.7. The van der Waals surface area contributed by atoms with Crippen LogP contribution in [0.4, 0.5) is 4.39 Å². The lowest BCUT2D eigenvalue weighted by atomic mass is 10.1. The zero-order valence-corrected chi connectivity index (χ0v) is 15.0. The van der Waals surface area contributed by atoms with E-state index in [4.69, 9.17) is 4.74 Å². The van der Waals surface area contributed by atoms with Crippen LogP contribution in [0.5, 0.6) is 0 Å². The molecule has 0 unspecified atom stereocenters. The smallest absolute Gasteiger partial charge is 0.195 e. The molecule has 20 heavy (non-hydrogen) atoms. The first kappa shape index (κ1) is 19.1. The van der Waals surface area contributed by atoms with Gasteiger partial charge in [-0.05, 0) is 17.7 Å². The Labute approximate surface area is 137 Å². The molecule has 0 fully saturated rings. The number of ether oxygens (including phenoxy) is 1. The van der Waals surface area contributed by atoms with Gasteiger partial charge in [-0.1, -0.05) is 6.07 Å². The molecule has 6 heteroatoms. The van der Waals surface area contributed by atoms with Gasteiger partial charge in [-0.3, -0.25) is 0 Å². The molecule has 0 aromatic heterocycles. The van der Waals surface area contributed by atoms with E-state index in [1.54, 1.807) is 19.2 Å². The fourth-order valence-electron chi connectivity index (χ4n) is 1.84. The summed E-state index contributed by atoms with van der Waals surface area (Å²) >= 11 is 0. The van der Waals surface area contributed by atoms with Gasteiger partial charge in [0.1, 0.15) is 5.82 Å². The molecule has 1 aromatic rings. The molecule has 0 radical (unpaired) electrons. The van der Waals surface area contributed by atoms with Crippen molar-refractivity contribution >= 4 is 29.9 Å². The van der Waals surface area contributed by atoms with Crippen LogP contribution in [0.2, 0.25) is 0 Å². The summed E-state index contributed by atoms with van der Waals surface area (Å²) in [5.41, 5.74) is 1.53. The molecular formula is C14H23FIN3O. The number of hydrogen-bond acceptors (Lipinski definition) is 2. The summed E-state index contributed by atoms with van der Waals surface area (Å²) in [5, 5.41) is 0. The van der Waals surface area contributed by atoms with Gasteiger partial charge in [0.2, 0.25) is 0 Å². The summed E-state index contributed by atoms with van der Waals surface area (Å²) in [6.45, 7) is 0.792. The van der Waals surface area contributed by atoms with Gasteiger partial charge >= 0.3 is 0 Å². The van der Waals surface area contributed by atoms with Crippen molar-refractivity contribution in [3.05, 3.63) is 35.1 Å². The van der Waals surface area contributed by atoms with E-state index in [1.807, 2.05) is 38.0 Å². The molecule has 0 bridgehead atoms. The van der Waals surface area contributed by atoms with Crippen molar-refractivity contribution in [2.45, 2.75) is 13.2 Å². The summed E-state index contributed by atoms with van der Waals surface area (Å²) in [6, 6.07) is 5.01. The van der Waals surface area contributed by atoms with Crippen LogP contribution in [0.15, 0.2) is 23.2 Å². The molecule has 0 aliphatic carbocycles. The summed E-state index contributed by atoms with van der Waals surface area (Å²) in [4.78, 5) is 8.42. The molecule has 0 N–H and O–H groups in total. The number of rotatable bonds is 4. The minimum absolute atomic E-state index is 0. The minimum Gasteiger partial charge on any atom is -0.380 e. The van der Waals surface area contributed by atoms with E-state index >= 15 is 0 Å². The van der Waals surface area contributed by atoms with Crippen LogP contribution in [0, 0.1) is 5.82 Å². The third-order valence-electron chi connectivity index (χ3n) is 2.61. The highest BCUT2D eigenvalue weighted by Crippen LogP contribution is 2.12. The number of benzene rings is 1. The monoisotopic (exact) mass is 395 g/mol. The molecule has 0 saturated heterocycles. The predicted molar refractivity (Wildman–Crippen MR) is 91.0 cm³/mol. The van der Waals surface area contributed by atoms with E-state index in [2.05, 4.69) is 4.99 Å². The van der Waals surface area contributed by atoms with Gasteiger partial charge in [0, 0.05) is 40.9 Å². The van der Waals surface area contributed by atoms with Gasteiger partial charge in [0.15, 0.2) is 5.96 Å². The molecular weight excluding hydrogens is 372 g/mol. The maximum absolute atomic E-state index is 13.5. The number of halogens is 2. The lowest BCUT2D eigenvalue weighted by molar-refractivity contribution is 0.181. The average molecular weight is 395 g/mol. The van der Waals surface area contributed by atoms with Crippen molar-refractivity contribution in [2.24, 2.45) is 4.99 Å². The number of nitrogens with zero attached hydrogens (tertiary/aromatic N) is 3. The minimum atomic E-state index is -0.241. The summed E-state index contributed by atoms with van der Waals surface area (Å²) < 4.78 is 18.5. The Morgan fingerprint density at radius 1 is 1.20 bits per heavy atom. The number of aliphatic imine (C=N–C) groups is 1. The molecule has 1 rings (SSSR count). The van der Waals surface area contributed by atoms with E-state index in [9.17, 15) is 4.39 Å². The lowest BCUT2D eigenvalue weighted by Gasteiger charge is -2.22. The Hall–Kier alpha value is -0.890. The van der Waals surface area contributed by atoms with Crippen molar-refractivity contribution < 1.29 is 9.13 Å². The third kappa shape index (κ3) is 5.62. The summed E-state index contributed by atoms with van der Waals surface area (Å²) in [7, 11) is 9.33. The van der Waals surface area contributed by atoms with Crippen LogP contribution >= 0.6 is 24.0 Å². The second kappa shape index (κ2) is 9.12. The fourth-order valence-corrected chi connectivity index (χ4v) is 1.84. The van der Waals surface area contributed by atoms with Crippen LogP contribution in [-0.4, -0.2) is 51.1 Å². The molecule has 114 valence electrons. The highest BCUT2D eigenvalue weighted by molar-refractivity contribution is 14.0. The Kier molecular flexibility index (Phi) is 8.71. The highest BCUT2D eigenvalue weighted by atomic mass is 127. The van der Waals surface area contributed by atoms with Crippen molar-refractivity contribution in [3.63, 3.8) is 0 Å².